The summed E-state index contributed by atoms with van der Waals surface area (Å²) in [5.41, 5.74) is 0. The lowest BCUT2D eigenvalue weighted by Gasteiger charge is -2.15. The first kappa shape index (κ1) is 16.0. The van der Waals surface area contributed by atoms with E-state index in [0.717, 1.165) is 29.7 Å². The summed E-state index contributed by atoms with van der Waals surface area (Å²) in [5, 5.41) is 6.62. The molecule has 1 heterocycles. The quantitative estimate of drug-likeness (QED) is 0.727. The van der Waals surface area contributed by atoms with Crippen molar-refractivity contribution in [1.29, 1.82) is 0 Å². The van der Waals surface area contributed by atoms with Crippen molar-refractivity contribution in [1.82, 2.24) is 9.97 Å². The van der Waals surface area contributed by atoms with E-state index in [1.807, 2.05) is 24.8 Å². The van der Waals surface area contributed by atoms with Crippen LogP contribution in [0.15, 0.2) is 6.07 Å². The molecule has 1 rings (SSSR count). The maximum Gasteiger partial charge on any atom is 0.158 e. The number of nitrogens with one attached hydrogen (secondary N) is 2. The zero-order valence-corrected chi connectivity index (χ0v) is 13.0. The van der Waals surface area contributed by atoms with Gasteiger partial charge in [-0.1, -0.05) is 6.92 Å². The average Bonchev–Trinajstić information content (AvgIpc) is 2.37. The highest BCUT2D eigenvalue weighted by Crippen LogP contribution is 2.14. The summed E-state index contributed by atoms with van der Waals surface area (Å²) in [5.74, 6) is 4.58. The molecule has 0 aromatic carbocycles. The molecule has 6 heteroatoms. The Hall–Kier alpha value is -1.01. The van der Waals surface area contributed by atoms with E-state index < -0.39 is 0 Å². The topological polar surface area (TPSA) is 59.1 Å². The molecule has 0 aliphatic heterocycles. The highest BCUT2D eigenvalue weighted by molar-refractivity contribution is 7.99. The van der Waals surface area contributed by atoms with E-state index in [4.69, 9.17) is 4.74 Å². The molecule has 19 heavy (non-hydrogen) atoms. The van der Waals surface area contributed by atoms with Crippen molar-refractivity contribution in [3.8, 4) is 0 Å². The van der Waals surface area contributed by atoms with Gasteiger partial charge in [-0.2, -0.15) is 11.8 Å². The van der Waals surface area contributed by atoms with Crippen LogP contribution in [-0.2, 0) is 11.3 Å². The lowest BCUT2D eigenvalue weighted by atomic mass is 10.3. The average molecular weight is 284 g/mol. The Bertz CT molecular complexity index is 351. The van der Waals surface area contributed by atoms with Gasteiger partial charge >= 0.3 is 0 Å². The second-order valence-corrected chi connectivity index (χ2v) is 5.54. The van der Waals surface area contributed by atoms with Crippen LogP contribution in [0.2, 0.25) is 0 Å². The molecular formula is C13H24N4OS. The Labute approximate surface area is 119 Å². The number of hydrogen-bond donors (Lipinski definition) is 2. The third kappa shape index (κ3) is 6.11. The molecule has 1 atom stereocenters. The zero-order valence-electron chi connectivity index (χ0n) is 12.2. The Morgan fingerprint density at radius 3 is 2.68 bits per heavy atom. The molecule has 108 valence electrons. The van der Waals surface area contributed by atoms with Gasteiger partial charge in [0.2, 0.25) is 0 Å². The fourth-order valence-corrected chi connectivity index (χ4v) is 2.30. The number of aromatic nitrogens is 2. The summed E-state index contributed by atoms with van der Waals surface area (Å²) in [6.45, 7) is 7.64. The Morgan fingerprint density at radius 2 is 2.05 bits per heavy atom. The molecule has 0 saturated heterocycles. The third-order valence-corrected chi connectivity index (χ3v) is 3.51. The SMILES string of the molecule is CCNc1cc(NC(C)CSCC)nc(COC)n1. The van der Waals surface area contributed by atoms with Crippen molar-refractivity contribution in [3.05, 3.63) is 11.9 Å². The molecule has 5 nitrogen and oxygen atoms in total. The van der Waals surface area contributed by atoms with Crippen LogP contribution in [0.3, 0.4) is 0 Å². The smallest absolute Gasteiger partial charge is 0.158 e. The number of rotatable bonds is 9. The molecule has 2 N–H and O–H groups in total. The standard InChI is InChI=1S/C13H24N4OS/c1-5-14-11-7-12(15-10(3)9-19-6-2)17-13(16-11)8-18-4/h7,10H,5-6,8-9H2,1-4H3,(H2,14,15,16,17). The van der Waals surface area contributed by atoms with Crippen LogP contribution in [-0.4, -0.2) is 41.2 Å². The normalized spacial score (nSPS) is 12.2. The van der Waals surface area contributed by atoms with E-state index in [1.165, 1.54) is 0 Å². The zero-order chi connectivity index (χ0) is 14.1. The van der Waals surface area contributed by atoms with Gasteiger partial charge < -0.3 is 15.4 Å². The molecule has 1 aromatic rings. The van der Waals surface area contributed by atoms with Gasteiger partial charge in [-0.15, -0.1) is 0 Å². The van der Waals surface area contributed by atoms with Gasteiger partial charge in [0.15, 0.2) is 5.82 Å². The van der Waals surface area contributed by atoms with Gasteiger partial charge in [0.05, 0.1) is 0 Å². The number of hydrogen-bond acceptors (Lipinski definition) is 6. The van der Waals surface area contributed by atoms with Crippen molar-refractivity contribution in [3.63, 3.8) is 0 Å². The summed E-state index contributed by atoms with van der Waals surface area (Å²) >= 11 is 1.92. The predicted octanol–water partition coefficient (Wildman–Crippen LogP) is 2.61. The van der Waals surface area contributed by atoms with E-state index in [2.05, 4.69) is 34.4 Å². The Kier molecular flexibility index (Phi) is 7.59. The van der Waals surface area contributed by atoms with E-state index in [-0.39, 0.29) is 0 Å². The first-order valence-corrected chi connectivity index (χ1v) is 7.80. The van der Waals surface area contributed by atoms with E-state index in [0.29, 0.717) is 18.5 Å². The Morgan fingerprint density at radius 1 is 1.32 bits per heavy atom. The summed E-state index contributed by atoms with van der Waals surface area (Å²) in [4.78, 5) is 8.85. The van der Waals surface area contributed by atoms with Crippen molar-refractivity contribution in [2.45, 2.75) is 33.4 Å². The molecule has 0 aliphatic carbocycles. The summed E-state index contributed by atoms with van der Waals surface area (Å²) in [6.07, 6.45) is 0. The first-order valence-electron chi connectivity index (χ1n) is 6.64. The van der Waals surface area contributed by atoms with Crippen LogP contribution in [0, 0.1) is 0 Å². The van der Waals surface area contributed by atoms with Gasteiger partial charge in [0.1, 0.15) is 18.2 Å². The van der Waals surface area contributed by atoms with Crippen LogP contribution in [0.1, 0.15) is 26.6 Å². The van der Waals surface area contributed by atoms with Crippen LogP contribution in [0.4, 0.5) is 11.6 Å². The molecule has 1 unspecified atom stereocenters. The maximum atomic E-state index is 5.10. The number of ether oxygens (including phenoxy) is 1. The van der Waals surface area contributed by atoms with E-state index in [1.54, 1.807) is 7.11 Å². The lowest BCUT2D eigenvalue weighted by molar-refractivity contribution is 0.178. The maximum absolute atomic E-state index is 5.10. The molecule has 0 saturated carbocycles. The second-order valence-electron chi connectivity index (χ2n) is 4.22. The Balaban J connectivity index is 2.74. The summed E-state index contributed by atoms with van der Waals surface area (Å²) < 4.78 is 5.10. The molecule has 0 aliphatic rings. The summed E-state index contributed by atoms with van der Waals surface area (Å²) in [6, 6.07) is 2.32. The highest BCUT2D eigenvalue weighted by atomic mass is 32.2. The lowest BCUT2D eigenvalue weighted by Crippen LogP contribution is -2.20. The van der Waals surface area contributed by atoms with Crippen molar-refractivity contribution < 1.29 is 4.74 Å². The van der Waals surface area contributed by atoms with Gasteiger partial charge in [0.25, 0.3) is 0 Å². The molecule has 0 radical (unpaired) electrons. The van der Waals surface area contributed by atoms with Crippen LogP contribution in [0.25, 0.3) is 0 Å². The number of thioether (sulfide) groups is 1. The minimum absolute atomic E-state index is 0.379. The van der Waals surface area contributed by atoms with Crippen molar-refractivity contribution in [2.75, 3.05) is 35.8 Å². The van der Waals surface area contributed by atoms with Crippen molar-refractivity contribution in [2.24, 2.45) is 0 Å². The molecule has 1 aromatic heterocycles. The third-order valence-electron chi connectivity index (χ3n) is 2.37. The summed E-state index contributed by atoms with van der Waals surface area (Å²) in [7, 11) is 1.65. The fraction of sp³-hybridized carbons (Fsp3) is 0.692. The predicted molar refractivity (Wildman–Crippen MR) is 83.0 cm³/mol. The van der Waals surface area contributed by atoms with Gasteiger partial charge in [-0.25, -0.2) is 9.97 Å². The fourth-order valence-electron chi connectivity index (χ4n) is 1.63. The minimum Gasteiger partial charge on any atom is -0.377 e. The van der Waals surface area contributed by atoms with E-state index >= 15 is 0 Å². The van der Waals surface area contributed by atoms with E-state index in [9.17, 15) is 0 Å². The van der Waals surface area contributed by atoms with Crippen LogP contribution >= 0.6 is 11.8 Å². The molecular weight excluding hydrogens is 260 g/mol. The van der Waals surface area contributed by atoms with Crippen LogP contribution < -0.4 is 10.6 Å². The molecule has 0 fully saturated rings. The van der Waals surface area contributed by atoms with Gasteiger partial charge in [0, 0.05) is 31.5 Å². The molecule has 0 spiro atoms. The van der Waals surface area contributed by atoms with Crippen LogP contribution in [0.5, 0.6) is 0 Å². The number of anilines is 2. The second kappa shape index (κ2) is 8.98. The minimum atomic E-state index is 0.379. The molecule has 0 amide bonds. The molecule has 0 bridgehead atoms. The highest BCUT2D eigenvalue weighted by Gasteiger charge is 2.07. The number of methoxy groups -OCH3 is 1. The van der Waals surface area contributed by atoms with Gasteiger partial charge in [-0.3, -0.25) is 0 Å². The van der Waals surface area contributed by atoms with Gasteiger partial charge in [-0.05, 0) is 19.6 Å². The monoisotopic (exact) mass is 284 g/mol. The number of nitrogens with zero attached hydrogens (tertiary/aromatic N) is 2. The van der Waals surface area contributed by atoms with Crippen molar-refractivity contribution >= 4 is 23.4 Å². The largest absolute Gasteiger partial charge is 0.377 e. The first-order chi connectivity index (χ1) is 9.19.